The summed E-state index contributed by atoms with van der Waals surface area (Å²) in [7, 11) is -10.4. The van der Waals surface area contributed by atoms with Gasteiger partial charge in [0.25, 0.3) is 5.91 Å². The van der Waals surface area contributed by atoms with E-state index in [4.69, 9.17) is 19.6 Å². The number of nitrogens with one attached hydrogen (secondary N) is 1. The SMILES string of the molecule is Cc1ccc(C(=O)NC(P(=O)(O)O)P(=O)(O)O)cc1. The average Bonchev–Trinajstić information content (AvgIpc) is 2.23. The lowest BCUT2D eigenvalue weighted by Gasteiger charge is -2.20. The standard InChI is InChI=1S/C9H13NO7P2/c1-6-2-4-7(5-3-6)8(11)10-9(18(12,13)14)19(15,16)17/h2-5,9H,1H3,(H,10,11)(H2,12,13,14)(H2,15,16,17). The van der Waals surface area contributed by atoms with E-state index in [0.717, 1.165) is 5.56 Å². The second kappa shape index (κ2) is 5.54. The molecule has 8 nitrogen and oxygen atoms in total. The fourth-order valence-electron chi connectivity index (χ4n) is 1.27. The summed E-state index contributed by atoms with van der Waals surface area (Å²) in [5.74, 6) is -0.975. The van der Waals surface area contributed by atoms with Crippen LogP contribution in [0.25, 0.3) is 0 Å². The van der Waals surface area contributed by atoms with E-state index in [1.54, 1.807) is 24.4 Å². The van der Waals surface area contributed by atoms with Crippen molar-refractivity contribution in [3.8, 4) is 0 Å². The Balaban J connectivity index is 2.99. The summed E-state index contributed by atoms with van der Waals surface area (Å²) in [6.07, 6.45) is 0. The highest BCUT2D eigenvalue weighted by Crippen LogP contribution is 2.58. The van der Waals surface area contributed by atoms with Gasteiger partial charge in [-0.05, 0) is 19.1 Å². The normalized spacial score (nSPS) is 12.5. The lowest BCUT2D eigenvalue weighted by Crippen LogP contribution is -2.34. The maximum Gasteiger partial charge on any atom is 0.360 e. The lowest BCUT2D eigenvalue weighted by molar-refractivity contribution is 0.0948. The van der Waals surface area contributed by atoms with Gasteiger partial charge >= 0.3 is 15.2 Å². The van der Waals surface area contributed by atoms with Crippen molar-refractivity contribution in [2.75, 3.05) is 0 Å². The Kier molecular flexibility index (Phi) is 4.68. The summed E-state index contributed by atoms with van der Waals surface area (Å²) in [4.78, 5) is 47.1. The maximum atomic E-state index is 11.7. The number of amides is 1. The Morgan fingerprint density at radius 2 is 1.47 bits per heavy atom. The molecule has 0 aromatic heterocycles. The van der Waals surface area contributed by atoms with E-state index in [9.17, 15) is 13.9 Å². The molecule has 0 saturated carbocycles. The fraction of sp³-hybridized carbons (Fsp3) is 0.222. The summed E-state index contributed by atoms with van der Waals surface area (Å²) >= 11 is 0. The summed E-state index contributed by atoms with van der Waals surface area (Å²) in [6.45, 7) is 1.77. The minimum absolute atomic E-state index is 0.0394. The molecule has 0 atom stereocenters. The number of hydrogen-bond donors (Lipinski definition) is 5. The van der Waals surface area contributed by atoms with Gasteiger partial charge in [-0.25, -0.2) is 0 Å². The Hall–Kier alpha value is -1.01. The first-order valence-corrected chi connectivity index (χ1v) is 8.36. The van der Waals surface area contributed by atoms with E-state index in [2.05, 4.69) is 0 Å². The third-order valence-corrected chi connectivity index (χ3v) is 5.55. The molecule has 106 valence electrons. The molecule has 1 aromatic rings. The monoisotopic (exact) mass is 309 g/mol. The van der Waals surface area contributed by atoms with Crippen molar-refractivity contribution >= 4 is 21.1 Å². The summed E-state index contributed by atoms with van der Waals surface area (Å²) in [5.41, 5.74) is -1.65. The van der Waals surface area contributed by atoms with Gasteiger partial charge < -0.3 is 24.9 Å². The first-order chi connectivity index (χ1) is 8.51. The van der Waals surface area contributed by atoms with E-state index in [0.29, 0.717) is 0 Å². The zero-order chi connectivity index (χ0) is 14.8. The topological polar surface area (TPSA) is 144 Å². The zero-order valence-corrected chi connectivity index (χ0v) is 11.6. The van der Waals surface area contributed by atoms with Crippen LogP contribution >= 0.6 is 15.2 Å². The van der Waals surface area contributed by atoms with Crippen LogP contribution in [-0.4, -0.2) is 31.0 Å². The summed E-state index contributed by atoms with van der Waals surface area (Å²) in [5, 5.41) is 1.67. The van der Waals surface area contributed by atoms with E-state index >= 15 is 0 Å². The number of rotatable bonds is 4. The number of carbonyl (C=O) groups excluding carboxylic acids is 1. The molecule has 10 heteroatoms. The van der Waals surface area contributed by atoms with E-state index in [1.807, 2.05) is 0 Å². The highest BCUT2D eigenvalue weighted by atomic mass is 31.2. The van der Waals surface area contributed by atoms with Crippen LogP contribution in [-0.2, 0) is 9.13 Å². The third-order valence-electron chi connectivity index (χ3n) is 2.21. The number of aryl methyl sites for hydroxylation is 1. The molecule has 0 spiro atoms. The second-order valence-corrected chi connectivity index (χ2v) is 7.69. The predicted molar refractivity (Wildman–Crippen MR) is 66.5 cm³/mol. The number of hydrogen-bond acceptors (Lipinski definition) is 3. The van der Waals surface area contributed by atoms with Gasteiger partial charge in [-0.2, -0.15) is 0 Å². The molecule has 5 N–H and O–H groups in total. The van der Waals surface area contributed by atoms with Crippen LogP contribution in [0.5, 0.6) is 0 Å². The van der Waals surface area contributed by atoms with Crippen molar-refractivity contribution in [3.05, 3.63) is 35.4 Å². The smallest absolute Gasteiger partial charge is 0.328 e. The lowest BCUT2D eigenvalue weighted by atomic mass is 10.1. The average molecular weight is 309 g/mol. The van der Waals surface area contributed by atoms with Gasteiger partial charge in [-0.1, -0.05) is 17.7 Å². The van der Waals surface area contributed by atoms with Gasteiger partial charge in [0.1, 0.15) is 0 Å². The maximum absolute atomic E-state index is 11.7. The number of benzene rings is 1. The molecule has 0 aliphatic carbocycles. The van der Waals surface area contributed by atoms with Crippen LogP contribution in [0.3, 0.4) is 0 Å². The van der Waals surface area contributed by atoms with Crippen LogP contribution in [0.15, 0.2) is 24.3 Å². The predicted octanol–water partition coefficient (Wildman–Crippen LogP) is 0.364. The van der Waals surface area contributed by atoms with Crippen molar-refractivity contribution in [3.63, 3.8) is 0 Å². The largest absolute Gasteiger partial charge is 0.360 e. The number of carbonyl (C=O) groups is 1. The van der Waals surface area contributed by atoms with E-state index in [1.165, 1.54) is 12.1 Å². The van der Waals surface area contributed by atoms with Crippen molar-refractivity contribution in [1.29, 1.82) is 0 Å². The molecule has 0 unspecified atom stereocenters. The molecule has 0 aliphatic rings. The minimum atomic E-state index is -5.18. The van der Waals surface area contributed by atoms with Crippen molar-refractivity contribution in [1.82, 2.24) is 5.32 Å². The molecule has 0 radical (unpaired) electrons. The molecule has 0 aliphatic heterocycles. The zero-order valence-electron chi connectivity index (χ0n) is 9.79. The molecule has 19 heavy (non-hydrogen) atoms. The first-order valence-electron chi connectivity index (χ1n) is 5.00. The van der Waals surface area contributed by atoms with Gasteiger partial charge in [0, 0.05) is 5.56 Å². The molecule has 1 amide bonds. The van der Waals surface area contributed by atoms with Gasteiger partial charge in [0.15, 0.2) is 0 Å². The van der Waals surface area contributed by atoms with Crippen LogP contribution in [0.2, 0.25) is 0 Å². The Labute approximate surface area is 108 Å². The van der Waals surface area contributed by atoms with Crippen LogP contribution in [0.4, 0.5) is 0 Å². The molecule has 1 rings (SSSR count). The Bertz CT molecular complexity index is 536. The van der Waals surface area contributed by atoms with Crippen LogP contribution in [0.1, 0.15) is 15.9 Å². The van der Waals surface area contributed by atoms with Crippen molar-refractivity contribution in [2.45, 2.75) is 12.4 Å². The summed E-state index contributed by atoms with van der Waals surface area (Å²) < 4.78 is 22.0. The van der Waals surface area contributed by atoms with Gasteiger partial charge in [-0.3, -0.25) is 13.9 Å². The molecular weight excluding hydrogens is 296 g/mol. The Morgan fingerprint density at radius 3 is 1.84 bits per heavy atom. The van der Waals surface area contributed by atoms with Gasteiger partial charge in [0.05, 0.1) is 0 Å². The highest BCUT2D eigenvalue weighted by molar-refractivity contribution is 7.70. The Morgan fingerprint density at radius 1 is 1.05 bits per heavy atom. The minimum Gasteiger partial charge on any atom is -0.328 e. The van der Waals surface area contributed by atoms with E-state index in [-0.39, 0.29) is 5.56 Å². The quantitative estimate of drug-likeness (QED) is 0.505. The molecule has 0 bridgehead atoms. The fourth-order valence-corrected chi connectivity index (χ4v) is 3.41. The third kappa shape index (κ3) is 4.54. The summed E-state index contributed by atoms with van der Waals surface area (Å²) in [6, 6.07) is 5.92. The van der Waals surface area contributed by atoms with Crippen LogP contribution in [0, 0.1) is 6.92 Å². The molecule has 0 saturated heterocycles. The molecule has 1 aromatic carbocycles. The molecule has 0 fully saturated rings. The first kappa shape index (κ1) is 16.0. The van der Waals surface area contributed by atoms with Gasteiger partial charge in [-0.15, -0.1) is 0 Å². The van der Waals surface area contributed by atoms with Crippen molar-refractivity contribution < 1.29 is 33.5 Å². The molecule has 0 heterocycles. The van der Waals surface area contributed by atoms with Crippen LogP contribution < -0.4 is 5.32 Å². The van der Waals surface area contributed by atoms with E-state index < -0.39 is 26.6 Å². The van der Waals surface area contributed by atoms with Crippen molar-refractivity contribution in [2.24, 2.45) is 0 Å². The molecular formula is C9H13NO7P2. The highest BCUT2D eigenvalue weighted by Gasteiger charge is 2.44. The second-order valence-electron chi connectivity index (χ2n) is 3.89. The van der Waals surface area contributed by atoms with Gasteiger partial charge in [0.2, 0.25) is 5.52 Å².